The molecule has 17 heavy (non-hydrogen) atoms. The number of benzene rings is 2. The molecule has 3 heteroatoms. The maximum absolute atomic E-state index is 13.9. The summed E-state index contributed by atoms with van der Waals surface area (Å²) in [6.07, 6.45) is 0.207. The van der Waals surface area contributed by atoms with Crippen LogP contribution in [0.2, 0.25) is 0 Å². The van der Waals surface area contributed by atoms with Gasteiger partial charge < -0.3 is 5.11 Å². The second-order valence-electron chi connectivity index (χ2n) is 4.32. The summed E-state index contributed by atoms with van der Waals surface area (Å²) in [4.78, 5) is 0. The number of hydrogen-bond donors (Lipinski definition) is 1. The highest BCUT2D eigenvalue weighted by molar-refractivity contribution is 5.78. The molecule has 0 atom stereocenters. The third-order valence-electron chi connectivity index (χ3n) is 3.30. The SMILES string of the molecule is Cc1ccc2c(c1F)Cc1c-2ccc(O)c1F. The molecule has 0 bridgehead atoms. The molecule has 0 heterocycles. The molecule has 0 saturated heterocycles. The van der Waals surface area contributed by atoms with Gasteiger partial charge in [-0.25, -0.2) is 8.78 Å². The van der Waals surface area contributed by atoms with Crippen molar-refractivity contribution in [3.8, 4) is 16.9 Å². The van der Waals surface area contributed by atoms with Crippen molar-refractivity contribution in [2.75, 3.05) is 0 Å². The molecule has 0 fully saturated rings. The normalized spacial score (nSPS) is 12.4. The fraction of sp³-hybridized carbons (Fsp3) is 0.143. The van der Waals surface area contributed by atoms with E-state index in [9.17, 15) is 13.9 Å². The van der Waals surface area contributed by atoms with Gasteiger partial charge in [0.05, 0.1) is 0 Å². The van der Waals surface area contributed by atoms with Crippen LogP contribution in [0.4, 0.5) is 8.78 Å². The van der Waals surface area contributed by atoms with E-state index in [1.807, 2.05) is 0 Å². The van der Waals surface area contributed by atoms with Crippen LogP contribution in [0, 0.1) is 18.6 Å². The average molecular weight is 232 g/mol. The summed E-state index contributed by atoms with van der Waals surface area (Å²) in [6.45, 7) is 1.69. The molecule has 3 rings (SSSR count). The zero-order chi connectivity index (χ0) is 12.2. The van der Waals surface area contributed by atoms with Crippen LogP contribution < -0.4 is 0 Å². The summed E-state index contributed by atoms with van der Waals surface area (Å²) in [5.41, 5.74) is 2.85. The molecule has 1 nitrogen and oxygen atoms in total. The predicted molar refractivity (Wildman–Crippen MR) is 61.0 cm³/mol. The van der Waals surface area contributed by atoms with E-state index in [2.05, 4.69) is 0 Å². The lowest BCUT2D eigenvalue weighted by Gasteiger charge is -2.04. The summed E-state index contributed by atoms with van der Waals surface area (Å²) in [5, 5.41) is 9.32. The zero-order valence-corrected chi connectivity index (χ0v) is 9.22. The van der Waals surface area contributed by atoms with Crippen molar-refractivity contribution in [3.05, 3.63) is 52.6 Å². The zero-order valence-electron chi connectivity index (χ0n) is 9.22. The standard InChI is InChI=1S/C14H10F2O/c1-7-2-3-8-9-4-5-12(17)14(16)11(9)6-10(8)13(7)15/h2-5,17H,6H2,1H3. The molecule has 0 spiro atoms. The number of halogens is 2. The van der Waals surface area contributed by atoms with E-state index in [1.165, 1.54) is 6.07 Å². The molecule has 0 radical (unpaired) electrons. The Morgan fingerprint density at radius 2 is 1.53 bits per heavy atom. The van der Waals surface area contributed by atoms with Crippen LogP contribution in [0.25, 0.3) is 11.1 Å². The molecule has 1 aliphatic rings. The molecule has 2 aromatic carbocycles. The smallest absolute Gasteiger partial charge is 0.168 e. The largest absolute Gasteiger partial charge is 0.505 e. The van der Waals surface area contributed by atoms with Gasteiger partial charge in [0.1, 0.15) is 5.82 Å². The van der Waals surface area contributed by atoms with Gasteiger partial charge in [0.15, 0.2) is 11.6 Å². The van der Waals surface area contributed by atoms with E-state index in [-0.39, 0.29) is 18.0 Å². The van der Waals surface area contributed by atoms with Crippen LogP contribution in [0.3, 0.4) is 0 Å². The summed E-state index contributed by atoms with van der Waals surface area (Å²) in [7, 11) is 0. The van der Waals surface area contributed by atoms with Crippen LogP contribution in [0.15, 0.2) is 24.3 Å². The molecule has 1 aliphatic carbocycles. The third kappa shape index (κ3) is 1.28. The van der Waals surface area contributed by atoms with Gasteiger partial charge in [-0.2, -0.15) is 0 Å². The van der Waals surface area contributed by atoms with Gasteiger partial charge in [-0.1, -0.05) is 18.2 Å². The lowest BCUT2D eigenvalue weighted by atomic mass is 10.0. The van der Waals surface area contributed by atoms with Gasteiger partial charge in [0.2, 0.25) is 0 Å². The van der Waals surface area contributed by atoms with Gasteiger partial charge in [0, 0.05) is 17.5 Å². The number of rotatable bonds is 0. The molecule has 0 aliphatic heterocycles. The predicted octanol–water partition coefficient (Wildman–Crippen LogP) is 3.55. The summed E-state index contributed by atoms with van der Waals surface area (Å²) >= 11 is 0. The van der Waals surface area contributed by atoms with Crippen LogP contribution >= 0.6 is 0 Å². The molecule has 0 aromatic heterocycles. The molecule has 0 unspecified atom stereocenters. The maximum Gasteiger partial charge on any atom is 0.168 e. The fourth-order valence-electron chi connectivity index (χ4n) is 2.37. The van der Waals surface area contributed by atoms with Crippen molar-refractivity contribution in [2.24, 2.45) is 0 Å². The second kappa shape index (κ2) is 3.29. The van der Waals surface area contributed by atoms with E-state index in [0.29, 0.717) is 22.3 Å². The molecular weight excluding hydrogens is 222 g/mol. The van der Waals surface area contributed by atoms with Crippen molar-refractivity contribution < 1.29 is 13.9 Å². The van der Waals surface area contributed by atoms with Crippen LogP contribution in [0.1, 0.15) is 16.7 Å². The average Bonchev–Trinajstić information content (AvgIpc) is 2.69. The minimum absolute atomic E-state index is 0.207. The number of phenols is 1. The van der Waals surface area contributed by atoms with Gasteiger partial charge in [-0.05, 0) is 29.7 Å². The molecule has 2 aromatic rings. The lowest BCUT2D eigenvalue weighted by Crippen LogP contribution is -1.92. The van der Waals surface area contributed by atoms with E-state index in [0.717, 1.165) is 5.56 Å². The number of aromatic hydroxyl groups is 1. The highest BCUT2D eigenvalue weighted by atomic mass is 19.1. The monoisotopic (exact) mass is 232 g/mol. The first-order valence-electron chi connectivity index (χ1n) is 5.38. The topological polar surface area (TPSA) is 20.2 Å². The van der Waals surface area contributed by atoms with E-state index >= 15 is 0 Å². The highest BCUT2D eigenvalue weighted by Crippen LogP contribution is 2.41. The Morgan fingerprint density at radius 1 is 0.941 bits per heavy atom. The Hall–Kier alpha value is -1.90. The highest BCUT2D eigenvalue weighted by Gasteiger charge is 2.26. The van der Waals surface area contributed by atoms with Crippen molar-refractivity contribution in [1.82, 2.24) is 0 Å². The second-order valence-corrected chi connectivity index (χ2v) is 4.32. The Labute approximate surface area is 97.3 Å². The van der Waals surface area contributed by atoms with Gasteiger partial charge in [0.25, 0.3) is 0 Å². The first kappa shape index (κ1) is 10.3. The minimum atomic E-state index is -0.643. The van der Waals surface area contributed by atoms with Crippen molar-refractivity contribution >= 4 is 0 Å². The quantitative estimate of drug-likeness (QED) is 0.628. The van der Waals surface area contributed by atoms with Crippen molar-refractivity contribution in [2.45, 2.75) is 13.3 Å². The lowest BCUT2D eigenvalue weighted by molar-refractivity contribution is 0.430. The van der Waals surface area contributed by atoms with Crippen LogP contribution in [-0.2, 0) is 6.42 Å². The first-order valence-corrected chi connectivity index (χ1v) is 5.38. The van der Waals surface area contributed by atoms with Gasteiger partial charge >= 0.3 is 0 Å². The Kier molecular flexibility index (Phi) is 1.99. The van der Waals surface area contributed by atoms with E-state index in [4.69, 9.17) is 0 Å². The van der Waals surface area contributed by atoms with E-state index < -0.39 is 5.82 Å². The minimum Gasteiger partial charge on any atom is -0.505 e. The Morgan fingerprint density at radius 3 is 2.24 bits per heavy atom. The molecule has 1 N–H and O–H groups in total. The number of hydrogen-bond acceptors (Lipinski definition) is 1. The maximum atomic E-state index is 13.9. The van der Waals surface area contributed by atoms with Crippen molar-refractivity contribution in [1.29, 1.82) is 0 Å². The molecule has 0 saturated carbocycles. The number of phenolic OH excluding ortho intramolecular Hbond substituents is 1. The summed E-state index contributed by atoms with van der Waals surface area (Å²) < 4.78 is 27.6. The van der Waals surface area contributed by atoms with E-state index in [1.54, 1.807) is 25.1 Å². The Bertz CT molecular complexity index is 577. The summed E-state index contributed by atoms with van der Waals surface area (Å²) in [6, 6.07) is 6.43. The van der Waals surface area contributed by atoms with Gasteiger partial charge in [-0.3, -0.25) is 0 Å². The number of aryl methyl sites for hydroxylation is 1. The molecule has 86 valence electrons. The third-order valence-corrected chi connectivity index (χ3v) is 3.30. The fourth-order valence-corrected chi connectivity index (χ4v) is 2.37. The molecular formula is C14H10F2O. The van der Waals surface area contributed by atoms with Crippen molar-refractivity contribution in [3.63, 3.8) is 0 Å². The number of fused-ring (bicyclic) bond motifs is 3. The van der Waals surface area contributed by atoms with Gasteiger partial charge in [-0.15, -0.1) is 0 Å². The Balaban J connectivity index is 2.31. The summed E-state index contributed by atoms with van der Waals surface area (Å²) in [5.74, 6) is -1.30. The van der Waals surface area contributed by atoms with Crippen LogP contribution in [-0.4, -0.2) is 5.11 Å². The first-order chi connectivity index (χ1) is 8.09. The van der Waals surface area contributed by atoms with Crippen LogP contribution in [0.5, 0.6) is 5.75 Å². The molecule has 0 amide bonds.